The number of rotatable bonds is 4. The molecule has 2 aromatic rings. The first-order valence-corrected chi connectivity index (χ1v) is 7.35. The number of hydrogen-bond acceptors (Lipinski definition) is 4. The van der Waals surface area contributed by atoms with Crippen molar-refractivity contribution >= 4 is 29.3 Å². The number of urea groups is 1. The van der Waals surface area contributed by atoms with E-state index in [9.17, 15) is 9.59 Å². The van der Waals surface area contributed by atoms with Gasteiger partial charge in [0, 0.05) is 12.2 Å². The summed E-state index contributed by atoms with van der Waals surface area (Å²) in [5.41, 5.74) is 0.666. The van der Waals surface area contributed by atoms with Crippen molar-refractivity contribution in [1.29, 1.82) is 0 Å². The van der Waals surface area contributed by atoms with Crippen LogP contribution in [0.15, 0.2) is 55.1 Å². The lowest BCUT2D eigenvalue weighted by Crippen LogP contribution is -2.39. The highest BCUT2D eigenvalue weighted by Crippen LogP contribution is 2.31. The van der Waals surface area contributed by atoms with Gasteiger partial charge in [-0.05, 0) is 24.3 Å². The quantitative estimate of drug-likeness (QED) is 0.847. The molecule has 2 N–H and O–H groups in total. The Balaban J connectivity index is 1.76. The molecule has 7 heteroatoms. The van der Waals surface area contributed by atoms with Gasteiger partial charge in [0.1, 0.15) is 5.82 Å². The Bertz CT molecular complexity index is 777. The zero-order valence-electron chi connectivity index (χ0n) is 12.9. The molecule has 0 saturated carbocycles. The Morgan fingerprint density at radius 1 is 1.25 bits per heavy atom. The third kappa shape index (κ3) is 3.35. The molecule has 3 rings (SSSR count). The Labute approximate surface area is 138 Å². The fourth-order valence-electron chi connectivity index (χ4n) is 2.26. The topological polar surface area (TPSA) is 83.6 Å². The number of carbonyl (C=O) groups is 2. The number of benzene rings is 1. The van der Waals surface area contributed by atoms with Crippen molar-refractivity contribution in [3.8, 4) is 5.75 Å². The fourth-order valence-corrected chi connectivity index (χ4v) is 2.26. The monoisotopic (exact) mass is 324 g/mol. The number of hydrogen-bond donors (Lipinski definition) is 2. The maximum absolute atomic E-state index is 12.0. The van der Waals surface area contributed by atoms with E-state index < -0.39 is 6.03 Å². The van der Waals surface area contributed by atoms with Crippen LogP contribution in [0.5, 0.6) is 5.75 Å². The molecule has 3 amide bonds. The van der Waals surface area contributed by atoms with Crippen LogP contribution < -0.4 is 20.3 Å². The zero-order chi connectivity index (χ0) is 16.9. The number of anilines is 3. The molecule has 1 aliphatic heterocycles. The second-order valence-electron chi connectivity index (χ2n) is 5.05. The van der Waals surface area contributed by atoms with Gasteiger partial charge in [-0.25, -0.2) is 9.78 Å². The van der Waals surface area contributed by atoms with Gasteiger partial charge in [-0.2, -0.15) is 0 Å². The Kier molecular flexibility index (Phi) is 4.42. The second-order valence-corrected chi connectivity index (χ2v) is 5.05. The number of ether oxygens (including phenoxy) is 1. The predicted molar refractivity (Wildman–Crippen MR) is 91.4 cm³/mol. The first-order chi connectivity index (χ1) is 11.7. The summed E-state index contributed by atoms with van der Waals surface area (Å²) in [5, 5.41) is 5.34. The van der Waals surface area contributed by atoms with Gasteiger partial charge >= 0.3 is 6.03 Å². The number of pyridine rings is 1. The standard InChI is InChI=1S/C17H16N4O3/c1-2-10-21-15(22)11-24-13-8-9-14(19-16(13)21)20-17(23)18-12-6-4-3-5-7-12/h2-9H,1,10-11H2,(H2,18,19,20,23). The molecule has 1 aromatic heterocycles. The fraction of sp³-hybridized carbons (Fsp3) is 0.118. The van der Waals surface area contributed by atoms with E-state index in [1.165, 1.54) is 4.90 Å². The third-order valence-electron chi connectivity index (χ3n) is 3.33. The van der Waals surface area contributed by atoms with E-state index in [-0.39, 0.29) is 12.5 Å². The minimum atomic E-state index is -0.424. The lowest BCUT2D eigenvalue weighted by Gasteiger charge is -2.27. The molecular weight excluding hydrogens is 308 g/mol. The van der Waals surface area contributed by atoms with E-state index in [2.05, 4.69) is 22.2 Å². The summed E-state index contributed by atoms with van der Waals surface area (Å²) in [6.07, 6.45) is 1.61. The van der Waals surface area contributed by atoms with Crippen molar-refractivity contribution in [3.05, 3.63) is 55.1 Å². The number of fused-ring (bicyclic) bond motifs is 1. The summed E-state index contributed by atoms with van der Waals surface area (Å²) in [4.78, 5) is 29.7. The smallest absolute Gasteiger partial charge is 0.324 e. The number of carbonyl (C=O) groups excluding carboxylic acids is 2. The maximum atomic E-state index is 12.0. The average molecular weight is 324 g/mol. The van der Waals surface area contributed by atoms with Crippen LogP contribution >= 0.6 is 0 Å². The summed E-state index contributed by atoms with van der Waals surface area (Å²) in [5.74, 6) is 0.962. The number of nitrogens with one attached hydrogen (secondary N) is 2. The second kappa shape index (κ2) is 6.82. The van der Waals surface area contributed by atoms with Crippen molar-refractivity contribution in [3.63, 3.8) is 0 Å². The normalized spacial score (nSPS) is 12.8. The summed E-state index contributed by atoms with van der Waals surface area (Å²) in [6.45, 7) is 3.92. The van der Waals surface area contributed by atoms with E-state index in [1.54, 1.807) is 30.3 Å². The van der Waals surface area contributed by atoms with E-state index in [1.807, 2.05) is 18.2 Å². The van der Waals surface area contributed by atoms with E-state index >= 15 is 0 Å². The molecule has 0 fully saturated rings. The van der Waals surface area contributed by atoms with Crippen molar-refractivity contribution < 1.29 is 14.3 Å². The summed E-state index contributed by atoms with van der Waals surface area (Å²) in [7, 11) is 0. The molecule has 0 bridgehead atoms. The van der Waals surface area contributed by atoms with Gasteiger partial charge in [-0.1, -0.05) is 24.3 Å². The average Bonchev–Trinajstić information content (AvgIpc) is 2.58. The number of aromatic nitrogens is 1. The minimum Gasteiger partial charge on any atom is -0.480 e. The molecule has 0 atom stereocenters. The van der Waals surface area contributed by atoms with Gasteiger partial charge in [0.15, 0.2) is 18.2 Å². The molecular formula is C17H16N4O3. The minimum absolute atomic E-state index is 0.0379. The molecule has 122 valence electrons. The highest BCUT2D eigenvalue weighted by molar-refractivity contribution is 6.00. The third-order valence-corrected chi connectivity index (χ3v) is 3.33. The predicted octanol–water partition coefficient (Wildman–Crippen LogP) is 2.64. The van der Waals surface area contributed by atoms with Crippen molar-refractivity contribution in [1.82, 2.24) is 4.98 Å². The maximum Gasteiger partial charge on any atom is 0.324 e. The van der Waals surface area contributed by atoms with Gasteiger partial charge in [0.05, 0.1) is 0 Å². The van der Waals surface area contributed by atoms with Crippen LogP contribution in [0.2, 0.25) is 0 Å². The van der Waals surface area contributed by atoms with Gasteiger partial charge < -0.3 is 10.1 Å². The van der Waals surface area contributed by atoms with Crippen molar-refractivity contribution in [2.45, 2.75) is 0 Å². The molecule has 2 heterocycles. The molecule has 0 aliphatic carbocycles. The van der Waals surface area contributed by atoms with Crippen LogP contribution in [0.3, 0.4) is 0 Å². The van der Waals surface area contributed by atoms with Crippen LogP contribution in [-0.4, -0.2) is 30.1 Å². The summed E-state index contributed by atoms with van der Waals surface area (Å²) in [6, 6.07) is 11.9. The molecule has 0 unspecified atom stereocenters. The first-order valence-electron chi connectivity index (χ1n) is 7.35. The molecule has 0 radical (unpaired) electrons. The molecule has 1 aliphatic rings. The van der Waals surface area contributed by atoms with Crippen molar-refractivity contribution in [2.24, 2.45) is 0 Å². The highest BCUT2D eigenvalue weighted by Gasteiger charge is 2.26. The Morgan fingerprint density at radius 2 is 2.04 bits per heavy atom. The van der Waals surface area contributed by atoms with Gasteiger partial charge in [-0.15, -0.1) is 6.58 Å². The van der Waals surface area contributed by atoms with Crippen LogP contribution in [0.25, 0.3) is 0 Å². The highest BCUT2D eigenvalue weighted by atomic mass is 16.5. The van der Waals surface area contributed by atoms with Gasteiger partial charge in [0.25, 0.3) is 5.91 Å². The molecule has 0 spiro atoms. The molecule has 7 nitrogen and oxygen atoms in total. The molecule has 24 heavy (non-hydrogen) atoms. The van der Waals surface area contributed by atoms with Crippen LogP contribution in [-0.2, 0) is 4.79 Å². The summed E-state index contributed by atoms with van der Waals surface area (Å²) >= 11 is 0. The van der Waals surface area contributed by atoms with Crippen LogP contribution in [0.1, 0.15) is 0 Å². The zero-order valence-corrected chi connectivity index (χ0v) is 12.9. The number of para-hydroxylation sites is 1. The van der Waals surface area contributed by atoms with Gasteiger partial charge in [0.2, 0.25) is 0 Å². The van der Waals surface area contributed by atoms with Crippen LogP contribution in [0, 0.1) is 0 Å². The van der Waals surface area contributed by atoms with Crippen LogP contribution in [0.4, 0.5) is 22.1 Å². The van der Waals surface area contributed by atoms with Gasteiger partial charge in [-0.3, -0.25) is 15.0 Å². The largest absolute Gasteiger partial charge is 0.480 e. The lowest BCUT2D eigenvalue weighted by atomic mass is 10.3. The molecule has 0 saturated heterocycles. The Morgan fingerprint density at radius 3 is 2.79 bits per heavy atom. The first kappa shape index (κ1) is 15.5. The van der Waals surface area contributed by atoms with Crippen molar-refractivity contribution in [2.75, 3.05) is 28.7 Å². The summed E-state index contributed by atoms with van der Waals surface area (Å²) < 4.78 is 5.35. The van der Waals surface area contributed by atoms with E-state index in [0.29, 0.717) is 29.6 Å². The number of nitrogens with zero attached hydrogens (tertiary/aromatic N) is 2. The SMILES string of the molecule is C=CCN1C(=O)COc2ccc(NC(=O)Nc3ccccc3)nc21. The van der Waals surface area contributed by atoms with E-state index in [4.69, 9.17) is 4.74 Å². The lowest BCUT2D eigenvalue weighted by molar-refractivity contribution is -0.121. The Hall–Kier alpha value is -3.35. The molecule has 1 aromatic carbocycles. The number of amides is 3. The van der Waals surface area contributed by atoms with E-state index in [0.717, 1.165) is 0 Å².